The molecule has 2 aromatic rings. The number of rotatable bonds is 7. The Morgan fingerprint density at radius 3 is 3.12 bits per heavy atom. The minimum absolute atomic E-state index is 0.0125. The second-order valence-corrected chi connectivity index (χ2v) is 7.63. The van der Waals surface area contributed by atoms with Gasteiger partial charge in [-0.15, -0.1) is 16.4 Å². The van der Waals surface area contributed by atoms with Gasteiger partial charge in [0.15, 0.2) is 5.16 Å². The summed E-state index contributed by atoms with van der Waals surface area (Å²) in [5, 5.41) is 13.5. The summed E-state index contributed by atoms with van der Waals surface area (Å²) in [5.74, 6) is -0.486. The maximum Gasteiger partial charge on any atom is 0.344 e. The fraction of sp³-hybridized carbons (Fsp3) is 0.467. The van der Waals surface area contributed by atoms with E-state index in [0.717, 1.165) is 29.5 Å². The molecule has 9 nitrogen and oxygen atoms in total. The van der Waals surface area contributed by atoms with Crippen LogP contribution in [-0.4, -0.2) is 45.2 Å². The maximum absolute atomic E-state index is 11.9. The Labute approximate surface area is 157 Å². The zero-order valence-corrected chi connectivity index (χ0v) is 15.5. The van der Waals surface area contributed by atoms with E-state index in [1.165, 1.54) is 15.9 Å². The minimum atomic E-state index is -0.553. The molecule has 2 aromatic heterocycles. The van der Waals surface area contributed by atoms with E-state index in [9.17, 15) is 14.4 Å². The Morgan fingerprint density at radius 1 is 1.50 bits per heavy atom. The van der Waals surface area contributed by atoms with Crippen molar-refractivity contribution in [3.05, 3.63) is 32.9 Å². The smallest absolute Gasteiger partial charge is 0.344 e. The molecule has 11 heteroatoms. The van der Waals surface area contributed by atoms with Gasteiger partial charge in [0.2, 0.25) is 5.91 Å². The maximum atomic E-state index is 11.9. The summed E-state index contributed by atoms with van der Waals surface area (Å²) < 4.78 is 6.99. The number of thiophene rings is 1. The number of carbonyl (C=O) groups is 2. The fourth-order valence-electron chi connectivity index (χ4n) is 2.48. The first kappa shape index (κ1) is 18.7. The lowest BCUT2D eigenvalue weighted by atomic mass is 10.2. The van der Waals surface area contributed by atoms with Crippen molar-refractivity contribution in [1.29, 1.82) is 0 Å². The van der Waals surface area contributed by atoms with Crippen LogP contribution in [0.15, 0.2) is 27.5 Å². The van der Waals surface area contributed by atoms with Gasteiger partial charge in [-0.25, -0.2) is 14.7 Å². The topological polar surface area (TPSA) is 118 Å². The molecule has 0 radical (unpaired) electrons. The minimum Gasteiger partial charge on any atom is -0.376 e. The molecule has 1 fully saturated rings. The van der Waals surface area contributed by atoms with E-state index in [0.29, 0.717) is 24.9 Å². The molecule has 3 N–H and O–H groups in total. The molecule has 1 aliphatic heterocycles. The average molecular weight is 397 g/mol. The highest BCUT2D eigenvalue weighted by atomic mass is 32.2. The molecule has 1 aliphatic rings. The molecule has 0 aliphatic carbocycles. The van der Waals surface area contributed by atoms with Crippen LogP contribution in [0.3, 0.4) is 0 Å². The first-order valence-corrected chi connectivity index (χ1v) is 9.98. The summed E-state index contributed by atoms with van der Waals surface area (Å²) in [6, 6.07) is 3.23. The number of hydrogen-bond donors (Lipinski definition) is 3. The van der Waals surface area contributed by atoms with Gasteiger partial charge in [0.1, 0.15) is 0 Å². The Balaban J connectivity index is 1.45. The molecule has 0 aromatic carbocycles. The quantitative estimate of drug-likeness (QED) is 0.598. The van der Waals surface area contributed by atoms with Gasteiger partial charge in [0, 0.05) is 11.5 Å². The molecule has 0 unspecified atom stereocenters. The lowest BCUT2D eigenvalue weighted by Crippen LogP contribution is -2.39. The van der Waals surface area contributed by atoms with E-state index in [4.69, 9.17) is 4.74 Å². The number of nitrogens with zero attached hydrogens (tertiary/aromatic N) is 2. The number of carbonyl (C=O) groups excluding carboxylic acids is 2. The van der Waals surface area contributed by atoms with E-state index in [2.05, 4.69) is 20.8 Å². The lowest BCUT2D eigenvalue weighted by Gasteiger charge is -2.11. The number of ether oxygens (including phenoxy) is 1. The van der Waals surface area contributed by atoms with E-state index in [-0.39, 0.29) is 17.5 Å². The second-order valence-electron chi connectivity index (χ2n) is 5.66. The SMILES string of the molecule is O=C(CSc1n[nH]c(=O)n1C[C@@H]1CCCO1)NC(=O)NCc1cccs1. The van der Waals surface area contributed by atoms with E-state index in [1.54, 1.807) is 0 Å². The molecule has 0 saturated carbocycles. The second kappa shape index (κ2) is 9.01. The fourth-order valence-corrected chi connectivity index (χ4v) is 3.88. The zero-order valence-electron chi connectivity index (χ0n) is 13.9. The third-order valence-corrected chi connectivity index (χ3v) is 5.57. The number of nitrogens with one attached hydrogen (secondary N) is 3. The van der Waals surface area contributed by atoms with Crippen LogP contribution in [0.25, 0.3) is 0 Å². The van der Waals surface area contributed by atoms with Crippen molar-refractivity contribution in [2.45, 2.75) is 37.2 Å². The predicted octanol–water partition coefficient (Wildman–Crippen LogP) is 0.930. The number of hydrogen-bond acceptors (Lipinski definition) is 7. The first-order chi connectivity index (χ1) is 12.6. The summed E-state index contributed by atoms with van der Waals surface area (Å²) in [6.07, 6.45) is 1.86. The molecule has 1 saturated heterocycles. The summed E-state index contributed by atoms with van der Waals surface area (Å²) in [7, 11) is 0. The van der Waals surface area contributed by atoms with Crippen molar-refractivity contribution in [3.8, 4) is 0 Å². The van der Waals surface area contributed by atoms with Crippen LogP contribution in [0.5, 0.6) is 0 Å². The normalized spacial score (nSPS) is 16.5. The molecule has 0 bridgehead atoms. The number of imide groups is 1. The molecular formula is C15H19N5O4S2. The van der Waals surface area contributed by atoms with Crippen molar-refractivity contribution in [1.82, 2.24) is 25.4 Å². The highest BCUT2D eigenvalue weighted by molar-refractivity contribution is 7.99. The largest absolute Gasteiger partial charge is 0.376 e. The molecular weight excluding hydrogens is 378 g/mol. The van der Waals surface area contributed by atoms with Gasteiger partial charge in [0.05, 0.1) is 24.9 Å². The number of urea groups is 1. The average Bonchev–Trinajstić information content (AvgIpc) is 3.36. The van der Waals surface area contributed by atoms with Crippen LogP contribution in [0.4, 0.5) is 4.79 Å². The third kappa shape index (κ3) is 5.19. The monoisotopic (exact) mass is 397 g/mol. The van der Waals surface area contributed by atoms with Crippen molar-refractivity contribution >= 4 is 35.0 Å². The van der Waals surface area contributed by atoms with Crippen LogP contribution in [0.1, 0.15) is 17.7 Å². The van der Waals surface area contributed by atoms with Crippen molar-refractivity contribution < 1.29 is 14.3 Å². The molecule has 1 atom stereocenters. The Bertz CT molecular complexity index is 795. The van der Waals surface area contributed by atoms with Crippen LogP contribution < -0.4 is 16.3 Å². The summed E-state index contributed by atoms with van der Waals surface area (Å²) in [5.41, 5.74) is -0.336. The van der Waals surface area contributed by atoms with Gasteiger partial charge in [-0.3, -0.25) is 14.7 Å². The zero-order chi connectivity index (χ0) is 18.4. The number of amides is 3. The number of aromatic nitrogens is 3. The van der Waals surface area contributed by atoms with Crippen LogP contribution in [-0.2, 0) is 22.6 Å². The molecule has 0 spiro atoms. The highest BCUT2D eigenvalue weighted by Crippen LogP contribution is 2.17. The van der Waals surface area contributed by atoms with E-state index >= 15 is 0 Å². The van der Waals surface area contributed by atoms with Gasteiger partial charge < -0.3 is 10.1 Å². The number of thioether (sulfide) groups is 1. The number of H-pyrrole nitrogens is 1. The van der Waals surface area contributed by atoms with Crippen molar-refractivity contribution in [2.24, 2.45) is 0 Å². The van der Waals surface area contributed by atoms with E-state index in [1.807, 2.05) is 17.5 Å². The summed E-state index contributed by atoms with van der Waals surface area (Å²) in [6.45, 7) is 1.47. The molecule has 140 valence electrons. The van der Waals surface area contributed by atoms with Gasteiger partial charge >= 0.3 is 11.7 Å². The van der Waals surface area contributed by atoms with Gasteiger partial charge in [-0.2, -0.15) is 0 Å². The third-order valence-electron chi connectivity index (χ3n) is 3.72. The van der Waals surface area contributed by atoms with Crippen molar-refractivity contribution in [2.75, 3.05) is 12.4 Å². The molecule has 26 heavy (non-hydrogen) atoms. The highest BCUT2D eigenvalue weighted by Gasteiger charge is 2.20. The summed E-state index contributed by atoms with van der Waals surface area (Å²) >= 11 is 2.61. The van der Waals surface area contributed by atoms with Gasteiger partial charge in [0.25, 0.3) is 0 Å². The first-order valence-electron chi connectivity index (χ1n) is 8.11. The molecule has 3 heterocycles. The van der Waals surface area contributed by atoms with Crippen LogP contribution >= 0.6 is 23.1 Å². The Morgan fingerprint density at radius 2 is 2.38 bits per heavy atom. The Hall–Kier alpha value is -2.11. The van der Waals surface area contributed by atoms with Gasteiger partial charge in [-0.1, -0.05) is 17.8 Å². The van der Waals surface area contributed by atoms with E-state index < -0.39 is 11.9 Å². The van der Waals surface area contributed by atoms with Crippen LogP contribution in [0, 0.1) is 0 Å². The predicted molar refractivity (Wildman–Crippen MR) is 97.2 cm³/mol. The molecule has 3 amide bonds. The standard InChI is InChI=1S/C15H19N5O4S2/c21-12(17-13(22)16-7-11-4-2-6-25-11)9-26-15-19-18-14(23)20(15)8-10-3-1-5-24-10/h2,4,6,10H,1,3,5,7-9H2,(H,18,23)(H2,16,17,21,22)/t10-/m0/s1. The number of aromatic amines is 1. The van der Waals surface area contributed by atoms with Crippen LogP contribution in [0.2, 0.25) is 0 Å². The molecule has 3 rings (SSSR count). The Kier molecular flexibility index (Phi) is 6.47. The summed E-state index contributed by atoms with van der Waals surface area (Å²) in [4.78, 5) is 36.5. The van der Waals surface area contributed by atoms with Crippen molar-refractivity contribution in [3.63, 3.8) is 0 Å². The van der Waals surface area contributed by atoms with Gasteiger partial charge in [-0.05, 0) is 24.3 Å². The lowest BCUT2D eigenvalue weighted by molar-refractivity contribution is -0.117.